The number of rotatable bonds is 4. The Balaban J connectivity index is 1.08. The number of benzene rings is 10. The van der Waals surface area contributed by atoms with Crippen molar-refractivity contribution in [2.24, 2.45) is 0 Å². The molecule has 0 saturated carbocycles. The second-order valence-corrected chi connectivity index (χ2v) is 16.0. The number of furan rings is 1. The first-order chi connectivity index (χ1) is 30.3. The summed E-state index contributed by atoms with van der Waals surface area (Å²) in [4.78, 5) is 9.45. The summed E-state index contributed by atoms with van der Waals surface area (Å²) in [6, 6.07) is 70.1. The molecule has 13 rings (SSSR count). The van der Waals surface area contributed by atoms with Crippen LogP contribution in [-0.4, -0.2) is 9.97 Å². The minimum Gasteiger partial charge on any atom is -0.455 e. The second kappa shape index (κ2) is 13.2. The first-order valence-corrected chi connectivity index (χ1v) is 20.8. The average molecular weight is 775 g/mol. The van der Waals surface area contributed by atoms with Gasteiger partial charge >= 0.3 is 0 Å². The van der Waals surface area contributed by atoms with Gasteiger partial charge in [0, 0.05) is 45.1 Å². The van der Waals surface area contributed by atoms with E-state index in [-0.39, 0.29) is 0 Å². The third-order valence-corrected chi connectivity index (χ3v) is 12.7. The zero-order valence-corrected chi connectivity index (χ0v) is 32.9. The molecular weight excluding hydrogens is 741 g/mol. The summed E-state index contributed by atoms with van der Waals surface area (Å²) in [7, 11) is 0. The van der Waals surface area contributed by atoms with Crippen LogP contribution in [0, 0.1) is 0 Å². The van der Waals surface area contributed by atoms with Gasteiger partial charge in [0.05, 0.1) is 11.0 Å². The van der Waals surface area contributed by atoms with E-state index >= 15 is 0 Å². The van der Waals surface area contributed by atoms with E-state index in [9.17, 15) is 0 Å². The van der Waals surface area contributed by atoms with Crippen LogP contribution in [0.3, 0.4) is 0 Å². The van der Waals surface area contributed by atoms with E-state index in [1.165, 1.54) is 65.3 Å². The zero-order chi connectivity index (χ0) is 40.0. The van der Waals surface area contributed by atoms with Crippen LogP contribution in [0.15, 0.2) is 211 Å². The summed E-state index contributed by atoms with van der Waals surface area (Å²) in [5, 5.41) is 14.0. The van der Waals surface area contributed by atoms with E-state index in [4.69, 9.17) is 14.4 Å². The Kier molecular flexibility index (Phi) is 7.31. The van der Waals surface area contributed by atoms with E-state index < -0.39 is 0 Å². The monoisotopic (exact) mass is 774 g/mol. The van der Waals surface area contributed by atoms with Gasteiger partial charge in [0.25, 0.3) is 0 Å². The SMILES string of the molecule is c1cnc2cc(-c3c4ccccc4c(-c4cccc5c4oc4cccc(-c6c7ccccc7c(-c7ccc8cccnc8c7)c7ccccc67)c45)c4ccccc34)ccc2c1. The van der Waals surface area contributed by atoms with Gasteiger partial charge in [0.2, 0.25) is 0 Å². The lowest BCUT2D eigenvalue weighted by atomic mass is 9.84. The van der Waals surface area contributed by atoms with Crippen molar-refractivity contribution in [3.8, 4) is 44.5 Å². The first kappa shape index (κ1) is 33.8. The normalized spacial score (nSPS) is 11.9. The number of hydrogen-bond donors (Lipinski definition) is 0. The maximum absolute atomic E-state index is 7.10. The summed E-state index contributed by atoms with van der Waals surface area (Å²) >= 11 is 0. The van der Waals surface area contributed by atoms with Crippen molar-refractivity contribution in [1.29, 1.82) is 0 Å². The molecule has 61 heavy (non-hydrogen) atoms. The molecule has 0 amide bonds. The Labute approximate surface area is 350 Å². The smallest absolute Gasteiger partial charge is 0.143 e. The molecule has 0 radical (unpaired) electrons. The second-order valence-electron chi connectivity index (χ2n) is 16.0. The quantitative estimate of drug-likeness (QED) is 0.167. The van der Waals surface area contributed by atoms with Crippen LogP contribution in [0.1, 0.15) is 0 Å². The molecule has 0 fully saturated rings. The first-order valence-electron chi connectivity index (χ1n) is 20.8. The van der Waals surface area contributed by atoms with Gasteiger partial charge in [-0.2, -0.15) is 0 Å². The van der Waals surface area contributed by atoms with Crippen LogP contribution < -0.4 is 0 Å². The summed E-state index contributed by atoms with van der Waals surface area (Å²) in [5.41, 5.74) is 13.1. The predicted molar refractivity (Wildman–Crippen MR) is 256 cm³/mol. The molecule has 10 aromatic carbocycles. The molecule has 0 aliphatic heterocycles. The molecule has 3 heteroatoms. The van der Waals surface area contributed by atoms with Gasteiger partial charge in [0.15, 0.2) is 0 Å². The highest BCUT2D eigenvalue weighted by Crippen LogP contribution is 2.50. The van der Waals surface area contributed by atoms with Crippen LogP contribution in [0.5, 0.6) is 0 Å². The summed E-state index contributed by atoms with van der Waals surface area (Å²) < 4.78 is 7.10. The molecule has 0 bridgehead atoms. The number of fused-ring (bicyclic) bond motifs is 9. The predicted octanol–water partition coefficient (Wildman–Crippen LogP) is 16.0. The fourth-order valence-corrected chi connectivity index (χ4v) is 10.2. The zero-order valence-electron chi connectivity index (χ0n) is 32.9. The Hall–Kier alpha value is -8.14. The molecule has 3 aromatic heterocycles. The molecule has 0 N–H and O–H groups in total. The lowest BCUT2D eigenvalue weighted by molar-refractivity contribution is 0.670. The number of nitrogens with zero attached hydrogens (tertiary/aromatic N) is 2. The van der Waals surface area contributed by atoms with Crippen LogP contribution in [0.25, 0.3) is 131 Å². The third kappa shape index (κ3) is 5.04. The van der Waals surface area contributed by atoms with Gasteiger partial charge in [-0.3, -0.25) is 9.97 Å². The topological polar surface area (TPSA) is 38.9 Å². The average Bonchev–Trinajstić information content (AvgIpc) is 3.72. The Morgan fingerprint density at radius 1 is 0.311 bits per heavy atom. The van der Waals surface area contributed by atoms with Gasteiger partial charge in [-0.25, -0.2) is 0 Å². The fourth-order valence-electron chi connectivity index (χ4n) is 10.2. The summed E-state index contributed by atoms with van der Waals surface area (Å²) in [6.07, 6.45) is 3.74. The Morgan fingerprint density at radius 2 is 0.721 bits per heavy atom. The highest BCUT2D eigenvalue weighted by molar-refractivity contribution is 6.28. The fraction of sp³-hybridized carbons (Fsp3) is 0. The van der Waals surface area contributed by atoms with Gasteiger partial charge < -0.3 is 4.42 Å². The Morgan fingerprint density at radius 3 is 1.21 bits per heavy atom. The molecule has 0 unspecified atom stereocenters. The van der Waals surface area contributed by atoms with Crippen molar-refractivity contribution in [1.82, 2.24) is 9.97 Å². The van der Waals surface area contributed by atoms with Crippen molar-refractivity contribution in [2.45, 2.75) is 0 Å². The molecule has 3 nitrogen and oxygen atoms in total. The molecule has 282 valence electrons. The van der Waals surface area contributed by atoms with E-state index in [0.717, 1.165) is 66.0 Å². The molecule has 3 heterocycles. The van der Waals surface area contributed by atoms with Gasteiger partial charge in [0.1, 0.15) is 11.2 Å². The van der Waals surface area contributed by atoms with E-state index in [1.54, 1.807) is 0 Å². The molecule has 0 atom stereocenters. The number of para-hydroxylation sites is 1. The van der Waals surface area contributed by atoms with Crippen LogP contribution in [0.2, 0.25) is 0 Å². The van der Waals surface area contributed by atoms with Crippen molar-refractivity contribution in [2.75, 3.05) is 0 Å². The van der Waals surface area contributed by atoms with Gasteiger partial charge in [-0.05, 0) is 107 Å². The van der Waals surface area contributed by atoms with Gasteiger partial charge in [-0.1, -0.05) is 164 Å². The molecule has 0 aliphatic carbocycles. The number of aromatic nitrogens is 2. The van der Waals surface area contributed by atoms with E-state index in [0.29, 0.717) is 0 Å². The van der Waals surface area contributed by atoms with Crippen LogP contribution in [-0.2, 0) is 0 Å². The standard InChI is InChI=1S/C58H34N2O/c1-5-19-43-39(15-1)53(37-29-27-35-13-11-31-59-50(35)33-37)40-16-2-6-20-44(40)55(43)47-23-10-26-52-57(47)49-25-9-24-48(58(49)61-52)56-45-21-7-3-17-41(45)54(42-18-4-8-22-46(42)56)38-30-28-36-14-12-32-60-51(36)34-38/h1-34H. The molecule has 13 aromatic rings. The largest absolute Gasteiger partial charge is 0.455 e. The molecule has 0 saturated heterocycles. The molecule has 0 aliphatic rings. The van der Waals surface area contributed by atoms with E-state index in [2.05, 4.69) is 182 Å². The van der Waals surface area contributed by atoms with Crippen LogP contribution in [0.4, 0.5) is 0 Å². The lowest BCUT2D eigenvalue weighted by Crippen LogP contribution is -1.92. The third-order valence-electron chi connectivity index (χ3n) is 12.7. The number of pyridine rings is 2. The lowest BCUT2D eigenvalue weighted by Gasteiger charge is -2.18. The highest BCUT2D eigenvalue weighted by Gasteiger charge is 2.24. The van der Waals surface area contributed by atoms with Crippen molar-refractivity contribution in [3.05, 3.63) is 207 Å². The number of hydrogen-bond acceptors (Lipinski definition) is 3. The molecular formula is C58H34N2O. The van der Waals surface area contributed by atoms with Gasteiger partial charge in [-0.15, -0.1) is 0 Å². The van der Waals surface area contributed by atoms with E-state index in [1.807, 2.05) is 24.5 Å². The van der Waals surface area contributed by atoms with Crippen LogP contribution >= 0.6 is 0 Å². The van der Waals surface area contributed by atoms with Crippen molar-refractivity contribution >= 4 is 86.8 Å². The summed E-state index contributed by atoms with van der Waals surface area (Å²) in [5.74, 6) is 0. The van der Waals surface area contributed by atoms with Crippen molar-refractivity contribution < 1.29 is 4.42 Å². The minimum atomic E-state index is 0.867. The maximum Gasteiger partial charge on any atom is 0.143 e. The Bertz CT molecular complexity index is 3840. The highest BCUT2D eigenvalue weighted by atomic mass is 16.3. The summed E-state index contributed by atoms with van der Waals surface area (Å²) in [6.45, 7) is 0. The van der Waals surface area contributed by atoms with Crippen molar-refractivity contribution in [3.63, 3.8) is 0 Å². The minimum absolute atomic E-state index is 0.867. The maximum atomic E-state index is 7.10. The molecule has 0 spiro atoms.